The third kappa shape index (κ3) is 2.18. The number of hydrogen-bond donors (Lipinski definition) is 1. The molecule has 1 aliphatic rings. The van der Waals surface area contributed by atoms with Crippen LogP contribution < -0.4 is 5.32 Å². The largest absolute Gasteiger partial charge is 0.336 e. The molecule has 0 aromatic rings. The second-order valence-electron chi connectivity index (χ2n) is 2.88. The molecule has 1 rings (SSSR count). The van der Waals surface area contributed by atoms with Gasteiger partial charge in [0, 0.05) is 6.54 Å². The van der Waals surface area contributed by atoms with Gasteiger partial charge in [0.05, 0.1) is 0 Å². The van der Waals surface area contributed by atoms with Crippen LogP contribution in [-0.2, 0) is 9.59 Å². The van der Waals surface area contributed by atoms with Crippen LogP contribution in [0.3, 0.4) is 0 Å². The Hall–Kier alpha value is -1.57. The van der Waals surface area contributed by atoms with Crippen molar-refractivity contribution in [2.75, 3.05) is 6.54 Å². The summed E-state index contributed by atoms with van der Waals surface area (Å²) < 4.78 is 0. The van der Waals surface area contributed by atoms with E-state index in [0.29, 0.717) is 13.0 Å². The highest BCUT2D eigenvalue weighted by atomic mass is 16.2. The molecule has 0 aromatic heterocycles. The van der Waals surface area contributed by atoms with Crippen LogP contribution in [0.2, 0.25) is 0 Å². The van der Waals surface area contributed by atoms with E-state index in [-0.39, 0.29) is 5.91 Å². The van der Waals surface area contributed by atoms with Crippen molar-refractivity contribution in [1.82, 2.24) is 10.2 Å². The number of amides is 2. The lowest BCUT2D eigenvalue weighted by molar-refractivity contribution is -0.129. The van der Waals surface area contributed by atoms with Gasteiger partial charge >= 0.3 is 6.41 Å². The normalized spacial score (nSPS) is 23.2. The first-order valence-electron chi connectivity index (χ1n) is 4.13. The maximum atomic E-state index is 11.4. The Morgan fingerprint density at radius 1 is 1.54 bits per heavy atom. The fourth-order valence-electron chi connectivity index (χ4n) is 1.34. The molecule has 1 radical (unpaired) electrons. The highest BCUT2D eigenvalue weighted by Gasteiger charge is 2.26. The molecular weight excluding hydrogens is 170 g/mol. The van der Waals surface area contributed by atoms with Gasteiger partial charge in [0.2, 0.25) is 0 Å². The second kappa shape index (κ2) is 4.45. The first kappa shape index (κ1) is 9.52. The van der Waals surface area contributed by atoms with Crippen molar-refractivity contribution in [2.24, 2.45) is 0 Å². The zero-order valence-corrected chi connectivity index (χ0v) is 7.12. The number of hydrogen-bond acceptors (Lipinski definition) is 3. The number of likely N-dealkylation sites (tertiary alicyclic amines) is 1. The number of nitriles is 1. The molecule has 2 amide bonds. The van der Waals surface area contributed by atoms with E-state index in [1.165, 1.54) is 6.41 Å². The van der Waals surface area contributed by atoms with Gasteiger partial charge in [-0.25, -0.2) is 4.90 Å². The first-order valence-corrected chi connectivity index (χ1v) is 4.13. The Labute approximate surface area is 76.3 Å². The quantitative estimate of drug-likeness (QED) is 0.460. The molecule has 1 saturated heterocycles. The number of carbonyl (C=O) groups excluding carboxylic acids is 2. The summed E-state index contributed by atoms with van der Waals surface area (Å²) in [5, 5.41) is 10.9. The van der Waals surface area contributed by atoms with Crippen molar-refractivity contribution >= 4 is 12.3 Å². The molecule has 1 atom stereocenters. The number of nitrogens with one attached hydrogen (secondary N) is 1. The molecule has 1 N–H and O–H groups in total. The summed E-state index contributed by atoms with van der Waals surface area (Å²) in [4.78, 5) is 22.5. The summed E-state index contributed by atoms with van der Waals surface area (Å²) in [6.07, 6.45) is 5.51. The fraction of sp³-hybridized carbons (Fsp3) is 0.625. The lowest BCUT2D eigenvalue weighted by Gasteiger charge is -2.15. The van der Waals surface area contributed by atoms with Crippen molar-refractivity contribution in [1.29, 1.82) is 5.26 Å². The Morgan fingerprint density at radius 2 is 2.31 bits per heavy atom. The van der Waals surface area contributed by atoms with Crippen molar-refractivity contribution in [3.8, 4) is 6.19 Å². The van der Waals surface area contributed by atoms with Crippen LogP contribution in [0.1, 0.15) is 19.3 Å². The van der Waals surface area contributed by atoms with E-state index in [2.05, 4.69) is 5.32 Å². The van der Waals surface area contributed by atoms with Gasteiger partial charge in [-0.1, -0.05) is 0 Å². The lowest BCUT2D eigenvalue weighted by Crippen LogP contribution is -2.42. The molecule has 0 aliphatic carbocycles. The summed E-state index contributed by atoms with van der Waals surface area (Å²) in [7, 11) is 0. The van der Waals surface area contributed by atoms with Crippen LogP contribution in [0.25, 0.3) is 0 Å². The molecule has 1 fully saturated rings. The summed E-state index contributed by atoms with van der Waals surface area (Å²) in [5.74, 6) is -0.330. The van der Waals surface area contributed by atoms with Gasteiger partial charge in [-0.05, 0) is 19.3 Å². The molecule has 0 unspecified atom stereocenters. The Morgan fingerprint density at radius 3 is 2.92 bits per heavy atom. The van der Waals surface area contributed by atoms with E-state index in [1.54, 1.807) is 6.19 Å². The van der Waals surface area contributed by atoms with Gasteiger partial charge in [-0.3, -0.25) is 9.59 Å². The predicted molar refractivity (Wildman–Crippen MR) is 43.8 cm³/mol. The zero-order chi connectivity index (χ0) is 9.68. The minimum absolute atomic E-state index is 0.330. The van der Waals surface area contributed by atoms with Crippen LogP contribution in [-0.4, -0.2) is 29.8 Å². The third-order valence-corrected chi connectivity index (χ3v) is 2.04. The summed E-state index contributed by atoms with van der Waals surface area (Å²) in [6, 6.07) is -0.570. The van der Waals surface area contributed by atoms with Gasteiger partial charge in [-0.2, -0.15) is 5.26 Å². The highest BCUT2D eigenvalue weighted by Crippen LogP contribution is 2.10. The van der Waals surface area contributed by atoms with E-state index >= 15 is 0 Å². The Balaban J connectivity index is 2.68. The SMILES string of the molecule is N#CN1CCCC[C@H](N[C]=O)C1=O. The Kier molecular flexibility index (Phi) is 3.26. The van der Waals surface area contributed by atoms with Crippen molar-refractivity contribution in [3.63, 3.8) is 0 Å². The average molecular weight is 180 g/mol. The maximum Gasteiger partial charge on any atom is 0.309 e. The highest BCUT2D eigenvalue weighted by molar-refractivity contribution is 5.85. The topological polar surface area (TPSA) is 73.2 Å². The molecule has 0 spiro atoms. The van der Waals surface area contributed by atoms with Crippen LogP contribution >= 0.6 is 0 Å². The molecule has 13 heavy (non-hydrogen) atoms. The molecule has 0 bridgehead atoms. The van der Waals surface area contributed by atoms with Crippen molar-refractivity contribution in [2.45, 2.75) is 25.3 Å². The molecule has 5 nitrogen and oxygen atoms in total. The lowest BCUT2D eigenvalue weighted by atomic mass is 10.1. The standard InChI is InChI=1S/C8H10N3O2/c9-5-11-4-2-1-3-7(8(11)13)10-6-12/h7H,1-4H2,(H,10,12)/t7-/m0/s1. The van der Waals surface area contributed by atoms with E-state index in [1.807, 2.05) is 0 Å². The zero-order valence-electron chi connectivity index (χ0n) is 7.12. The number of rotatable bonds is 2. The van der Waals surface area contributed by atoms with Gasteiger partial charge in [0.15, 0.2) is 6.19 Å². The Bertz CT molecular complexity index is 246. The van der Waals surface area contributed by atoms with Crippen molar-refractivity contribution < 1.29 is 9.59 Å². The summed E-state index contributed by atoms with van der Waals surface area (Å²) >= 11 is 0. The molecule has 1 heterocycles. The second-order valence-corrected chi connectivity index (χ2v) is 2.88. The molecule has 0 saturated carbocycles. The molecular formula is C8H10N3O2. The predicted octanol–water partition coefficient (Wildman–Crippen LogP) is -0.495. The molecule has 69 valence electrons. The summed E-state index contributed by atoms with van der Waals surface area (Å²) in [6.45, 7) is 0.451. The van der Waals surface area contributed by atoms with Crippen LogP contribution in [0.5, 0.6) is 0 Å². The monoisotopic (exact) mass is 180 g/mol. The van der Waals surface area contributed by atoms with E-state index in [9.17, 15) is 9.59 Å². The van der Waals surface area contributed by atoms with E-state index in [4.69, 9.17) is 5.26 Å². The first-order chi connectivity index (χ1) is 6.29. The van der Waals surface area contributed by atoms with Crippen molar-refractivity contribution in [3.05, 3.63) is 0 Å². The minimum Gasteiger partial charge on any atom is -0.336 e. The molecule has 0 aromatic carbocycles. The van der Waals surface area contributed by atoms with E-state index in [0.717, 1.165) is 17.7 Å². The maximum absolute atomic E-state index is 11.4. The molecule has 5 heteroatoms. The van der Waals surface area contributed by atoms with Gasteiger partial charge in [-0.15, -0.1) is 0 Å². The fourth-order valence-corrected chi connectivity index (χ4v) is 1.34. The number of nitrogens with zero attached hydrogens (tertiary/aromatic N) is 2. The molecule has 1 aliphatic heterocycles. The van der Waals surface area contributed by atoms with Crippen LogP contribution in [0.15, 0.2) is 0 Å². The van der Waals surface area contributed by atoms with Crippen LogP contribution in [0, 0.1) is 11.5 Å². The summed E-state index contributed by atoms with van der Waals surface area (Å²) in [5.41, 5.74) is 0. The smallest absolute Gasteiger partial charge is 0.309 e. The van der Waals surface area contributed by atoms with Gasteiger partial charge < -0.3 is 5.32 Å². The van der Waals surface area contributed by atoms with Crippen LogP contribution in [0.4, 0.5) is 0 Å². The minimum atomic E-state index is -0.570. The van der Waals surface area contributed by atoms with Gasteiger partial charge in [0.1, 0.15) is 6.04 Å². The van der Waals surface area contributed by atoms with Gasteiger partial charge in [0.25, 0.3) is 5.91 Å². The third-order valence-electron chi connectivity index (χ3n) is 2.04. The van der Waals surface area contributed by atoms with E-state index < -0.39 is 6.04 Å². The number of carbonyl (C=O) groups is 1. The average Bonchev–Trinajstić information content (AvgIpc) is 2.30.